The number of ether oxygens (including phenoxy) is 1. The number of thiophene rings is 2. The Hall–Kier alpha value is -2.45. The molecule has 3 rings (SSSR count). The van der Waals surface area contributed by atoms with Crippen molar-refractivity contribution in [1.29, 1.82) is 0 Å². The minimum Gasteiger partial charge on any atom is -0.462 e. The molecule has 0 saturated carbocycles. The Balaban J connectivity index is 1.75. The van der Waals surface area contributed by atoms with E-state index in [9.17, 15) is 9.59 Å². The van der Waals surface area contributed by atoms with Crippen LogP contribution in [0.5, 0.6) is 0 Å². The number of esters is 1. The Labute approximate surface area is 165 Å². The number of amides is 1. The number of rotatable bonds is 7. The lowest BCUT2D eigenvalue weighted by atomic mass is 10.2. The van der Waals surface area contributed by atoms with Crippen LogP contribution in [0.15, 0.2) is 28.0 Å². The van der Waals surface area contributed by atoms with Crippen molar-refractivity contribution in [3.63, 3.8) is 0 Å². The Bertz CT molecular complexity index is 941. The minimum atomic E-state index is -0.429. The first-order chi connectivity index (χ1) is 13.0. The van der Waals surface area contributed by atoms with Crippen LogP contribution in [-0.4, -0.2) is 23.5 Å². The maximum absolute atomic E-state index is 12.5. The molecule has 0 fully saturated rings. The summed E-state index contributed by atoms with van der Waals surface area (Å²) in [6.07, 6.45) is 0.849. The van der Waals surface area contributed by atoms with Gasteiger partial charge in [-0.05, 0) is 37.8 Å². The number of carbonyl (C=O) groups is 2. The summed E-state index contributed by atoms with van der Waals surface area (Å²) in [5, 5.41) is 5.28. The van der Waals surface area contributed by atoms with E-state index in [4.69, 9.17) is 9.15 Å². The molecule has 3 heterocycles. The van der Waals surface area contributed by atoms with Gasteiger partial charge in [-0.1, -0.05) is 13.0 Å². The molecule has 142 valence electrons. The fourth-order valence-electron chi connectivity index (χ4n) is 2.49. The van der Waals surface area contributed by atoms with Crippen LogP contribution in [0.2, 0.25) is 0 Å². The molecule has 27 heavy (non-hydrogen) atoms. The predicted octanol–water partition coefficient (Wildman–Crippen LogP) is 4.69. The zero-order valence-electron chi connectivity index (χ0n) is 15.3. The molecule has 3 aromatic rings. The Morgan fingerprint density at radius 3 is 2.81 bits per heavy atom. The number of aryl methyl sites for hydroxylation is 2. The summed E-state index contributed by atoms with van der Waals surface area (Å²) in [6, 6.07) is 5.61. The van der Waals surface area contributed by atoms with Crippen molar-refractivity contribution in [2.75, 3.05) is 11.9 Å². The van der Waals surface area contributed by atoms with Gasteiger partial charge in [-0.3, -0.25) is 4.79 Å². The molecule has 0 unspecified atom stereocenters. The zero-order valence-corrected chi connectivity index (χ0v) is 17.0. The van der Waals surface area contributed by atoms with Crippen LogP contribution in [0.25, 0.3) is 10.8 Å². The second kappa shape index (κ2) is 8.49. The van der Waals surface area contributed by atoms with Crippen LogP contribution >= 0.6 is 22.7 Å². The Morgan fingerprint density at radius 1 is 1.33 bits per heavy atom. The lowest BCUT2D eigenvalue weighted by Gasteiger charge is -2.05. The minimum absolute atomic E-state index is 0.0718. The van der Waals surface area contributed by atoms with Crippen LogP contribution in [0.4, 0.5) is 5.00 Å². The number of nitrogens with one attached hydrogen (secondary N) is 1. The summed E-state index contributed by atoms with van der Waals surface area (Å²) in [5.74, 6) is 0.446. The highest BCUT2D eigenvalue weighted by atomic mass is 32.1. The van der Waals surface area contributed by atoms with Gasteiger partial charge in [0, 0.05) is 4.88 Å². The van der Waals surface area contributed by atoms with Crippen molar-refractivity contribution in [3.8, 4) is 10.8 Å². The Morgan fingerprint density at radius 2 is 2.15 bits per heavy atom. The van der Waals surface area contributed by atoms with Crippen molar-refractivity contribution in [1.82, 2.24) is 4.98 Å². The summed E-state index contributed by atoms with van der Waals surface area (Å²) in [7, 11) is 0. The number of hydrogen-bond donors (Lipinski definition) is 1. The van der Waals surface area contributed by atoms with Crippen molar-refractivity contribution in [3.05, 3.63) is 45.5 Å². The van der Waals surface area contributed by atoms with Crippen molar-refractivity contribution in [2.24, 2.45) is 0 Å². The van der Waals surface area contributed by atoms with Gasteiger partial charge in [0.15, 0.2) is 0 Å². The normalized spacial score (nSPS) is 10.8. The number of hydrogen-bond acceptors (Lipinski definition) is 7. The molecule has 0 spiro atoms. The van der Waals surface area contributed by atoms with Gasteiger partial charge < -0.3 is 14.5 Å². The zero-order chi connectivity index (χ0) is 19.4. The molecular formula is C19H20N2O4S2. The molecule has 0 saturated heterocycles. The van der Waals surface area contributed by atoms with E-state index in [2.05, 4.69) is 10.3 Å². The molecule has 0 aliphatic carbocycles. The third-order valence-electron chi connectivity index (χ3n) is 3.83. The first-order valence-corrected chi connectivity index (χ1v) is 10.3. The predicted molar refractivity (Wildman–Crippen MR) is 107 cm³/mol. The van der Waals surface area contributed by atoms with E-state index in [0.29, 0.717) is 27.9 Å². The second-order valence-electron chi connectivity index (χ2n) is 5.75. The van der Waals surface area contributed by atoms with E-state index in [-0.39, 0.29) is 18.9 Å². The summed E-state index contributed by atoms with van der Waals surface area (Å²) >= 11 is 2.91. The van der Waals surface area contributed by atoms with Gasteiger partial charge in [-0.15, -0.1) is 22.7 Å². The van der Waals surface area contributed by atoms with E-state index in [1.807, 2.05) is 24.4 Å². The molecule has 0 aliphatic heterocycles. The van der Waals surface area contributed by atoms with E-state index in [1.165, 1.54) is 22.7 Å². The highest BCUT2D eigenvalue weighted by molar-refractivity contribution is 7.16. The van der Waals surface area contributed by atoms with Crippen LogP contribution in [0.3, 0.4) is 0 Å². The molecule has 0 atom stereocenters. The number of aromatic nitrogens is 1. The first-order valence-electron chi connectivity index (χ1n) is 8.61. The number of anilines is 1. The van der Waals surface area contributed by atoms with E-state index in [0.717, 1.165) is 16.2 Å². The van der Waals surface area contributed by atoms with Gasteiger partial charge in [0.1, 0.15) is 10.8 Å². The molecular weight excluding hydrogens is 384 g/mol. The molecule has 0 aliphatic rings. The third kappa shape index (κ3) is 4.45. The number of carbonyl (C=O) groups excluding carboxylic acids is 2. The molecule has 0 radical (unpaired) electrons. The number of nitrogens with zero attached hydrogens (tertiary/aromatic N) is 1. The summed E-state index contributed by atoms with van der Waals surface area (Å²) in [4.78, 5) is 31.0. The van der Waals surface area contributed by atoms with Crippen LogP contribution in [0, 0.1) is 6.92 Å². The van der Waals surface area contributed by atoms with Gasteiger partial charge >= 0.3 is 5.97 Å². The van der Waals surface area contributed by atoms with Crippen molar-refractivity contribution >= 4 is 39.6 Å². The maximum atomic E-state index is 12.5. The van der Waals surface area contributed by atoms with E-state index < -0.39 is 5.97 Å². The van der Waals surface area contributed by atoms with E-state index >= 15 is 0 Å². The van der Waals surface area contributed by atoms with Gasteiger partial charge in [-0.25, -0.2) is 9.78 Å². The quantitative estimate of drug-likeness (QED) is 0.578. The van der Waals surface area contributed by atoms with Crippen molar-refractivity contribution < 1.29 is 18.7 Å². The van der Waals surface area contributed by atoms with Gasteiger partial charge in [0.25, 0.3) is 0 Å². The smallest absolute Gasteiger partial charge is 0.341 e. The van der Waals surface area contributed by atoms with E-state index in [1.54, 1.807) is 19.9 Å². The molecule has 1 amide bonds. The largest absolute Gasteiger partial charge is 0.462 e. The highest BCUT2D eigenvalue weighted by Gasteiger charge is 2.20. The van der Waals surface area contributed by atoms with Crippen LogP contribution < -0.4 is 5.32 Å². The van der Waals surface area contributed by atoms with Gasteiger partial charge in [0.05, 0.1) is 29.2 Å². The third-order valence-corrected chi connectivity index (χ3v) is 5.89. The molecule has 8 heteroatoms. The SMILES string of the molecule is CCOC(=O)c1cc(CC)sc1NC(=O)Cc1nc(-c2cccs2)oc1C. The lowest BCUT2D eigenvalue weighted by Crippen LogP contribution is -2.16. The fraction of sp³-hybridized carbons (Fsp3) is 0.316. The molecule has 6 nitrogen and oxygen atoms in total. The molecule has 0 bridgehead atoms. The summed E-state index contributed by atoms with van der Waals surface area (Å²) in [5.41, 5.74) is 0.976. The topological polar surface area (TPSA) is 81.4 Å². The van der Waals surface area contributed by atoms with Crippen LogP contribution in [-0.2, 0) is 22.4 Å². The second-order valence-corrected chi connectivity index (χ2v) is 7.84. The highest BCUT2D eigenvalue weighted by Crippen LogP contribution is 2.30. The first kappa shape index (κ1) is 19.3. The fourth-order valence-corrected chi connectivity index (χ4v) is 4.14. The molecule has 3 aromatic heterocycles. The maximum Gasteiger partial charge on any atom is 0.341 e. The average Bonchev–Trinajstić information content (AvgIpc) is 3.36. The monoisotopic (exact) mass is 404 g/mol. The Kier molecular flexibility index (Phi) is 6.08. The lowest BCUT2D eigenvalue weighted by molar-refractivity contribution is -0.115. The summed E-state index contributed by atoms with van der Waals surface area (Å²) < 4.78 is 10.8. The van der Waals surface area contributed by atoms with Gasteiger partial charge in [0.2, 0.25) is 11.8 Å². The number of oxazole rings is 1. The van der Waals surface area contributed by atoms with Gasteiger partial charge in [-0.2, -0.15) is 0 Å². The summed E-state index contributed by atoms with van der Waals surface area (Å²) in [6.45, 7) is 5.82. The standard InChI is InChI=1S/C19H20N2O4S2/c1-4-12-9-13(19(23)24-5-2)18(27-12)21-16(22)10-14-11(3)25-17(20-14)15-7-6-8-26-15/h6-9H,4-5,10H2,1-3H3,(H,21,22). The molecule has 1 N–H and O–H groups in total. The van der Waals surface area contributed by atoms with Crippen molar-refractivity contribution in [2.45, 2.75) is 33.6 Å². The van der Waals surface area contributed by atoms with Crippen LogP contribution in [0.1, 0.15) is 40.5 Å². The average molecular weight is 405 g/mol. The molecule has 0 aromatic carbocycles.